The molecular formula is C11H19N3O2S. The third kappa shape index (κ3) is 5.06. The largest absolute Gasteiger partial charge is 0.399 e. The van der Waals surface area contributed by atoms with Gasteiger partial charge in [-0.1, -0.05) is 6.92 Å². The first kappa shape index (κ1) is 13.8. The highest BCUT2D eigenvalue weighted by molar-refractivity contribution is 7.89. The molecule has 0 saturated carbocycles. The van der Waals surface area contributed by atoms with Crippen molar-refractivity contribution in [1.29, 1.82) is 0 Å². The summed E-state index contributed by atoms with van der Waals surface area (Å²) in [5.41, 5.74) is 8.25. The molecule has 1 aromatic carbocycles. The number of hydrogen-bond acceptors (Lipinski definition) is 4. The lowest BCUT2D eigenvalue weighted by atomic mass is 10.2. The van der Waals surface area contributed by atoms with Crippen LogP contribution in [-0.2, 0) is 10.0 Å². The third-order valence-corrected chi connectivity index (χ3v) is 3.63. The van der Waals surface area contributed by atoms with Crippen LogP contribution in [0, 0.1) is 6.92 Å². The van der Waals surface area contributed by atoms with Gasteiger partial charge in [-0.25, -0.2) is 13.1 Å². The van der Waals surface area contributed by atoms with E-state index in [9.17, 15) is 8.42 Å². The quantitative estimate of drug-likeness (QED) is 0.662. The highest BCUT2D eigenvalue weighted by Gasteiger charge is 2.07. The van der Waals surface area contributed by atoms with Gasteiger partial charge in [0.1, 0.15) is 0 Å². The molecule has 5 nitrogen and oxygen atoms in total. The Morgan fingerprint density at radius 1 is 1.29 bits per heavy atom. The zero-order valence-corrected chi connectivity index (χ0v) is 11.0. The fraction of sp³-hybridized carbons (Fsp3) is 0.455. The maximum Gasteiger partial charge on any atom is 0.213 e. The lowest BCUT2D eigenvalue weighted by Crippen LogP contribution is -2.29. The van der Waals surface area contributed by atoms with E-state index in [1.807, 2.05) is 19.1 Å². The van der Waals surface area contributed by atoms with E-state index in [0.717, 1.165) is 11.3 Å². The highest BCUT2D eigenvalue weighted by atomic mass is 32.2. The van der Waals surface area contributed by atoms with Gasteiger partial charge in [-0.2, -0.15) is 0 Å². The number of anilines is 2. The van der Waals surface area contributed by atoms with Crippen LogP contribution in [0.3, 0.4) is 0 Å². The predicted molar refractivity (Wildman–Crippen MR) is 71.5 cm³/mol. The zero-order chi connectivity index (χ0) is 12.9. The van der Waals surface area contributed by atoms with Crippen LogP contribution >= 0.6 is 0 Å². The van der Waals surface area contributed by atoms with Crippen molar-refractivity contribution in [3.05, 3.63) is 23.8 Å². The monoisotopic (exact) mass is 257 g/mol. The fourth-order valence-corrected chi connectivity index (χ4v) is 2.49. The van der Waals surface area contributed by atoms with Crippen LogP contribution in [0.4, 0.5) is 11.4 Å². The van der Waals surface area contributed by atoms with Crippen molar-refractivity contribution in [2.24, 2.45) is 0 Å². The molecular weight excluding hydrogens is 238 g/mol. The van der Waals surface area contributed by atoms with Crippen LogP contribution in [0.1, 0.15) is 12.5 Å². The minimum absolute atomic E-state index is 0.0503. The fourth-order valence-electron chi connectivity index (χ4n) is 1.54. The average Bonchev–Trinajstić information content (AvgIpc) is 2.15. The average molecular weight is 257 g/mol. The predicted octanol–water partition coefficient (Wildman–Crippen LogP) is 0.928. The summed E-state index contributed by atoms with van der Waals surface area (Å²) in [5, 5.41) is 3.04. The molecule has 0 aromatic heterocycles. The van der Waals surface area contributed by atoms with E-state index >= 15 is 0 Å². The number of benzene rings is 1. The second-order valence-electron chi connectivity index (χ2n) is 3.88. The smallest absolute Gasteiger partial charge is 0.213 e. The molecule has 1 aromatic rings. The van der Waals surface area contributed by atoms with Crippen molar-refractivity contribution in [3.63, 3.8) is 0 Å². The second-order valence-corrected chi connectivity index (χ2v) is 5.80. The first-order valence-electron chi connectivity index (χ1n) is 5.51. The van der Waals surface area contributed by atoms with E-state index in [1.165, 1.54) is 0 Å². The maximum atomic E-state index is 11.4. The minimum Gasteiger partial charge on any atom is -0.399 e. The van der Waals surface area contributed by atoms with Gasteiger partial charge in [0.2, 0.25) is 10.0 Å². The van der Waals surface area contributed by atoms with E-state index in [1.54, 1.807) is 13.0 Å². The molecule has 1 rings (SSSR count). The van der Waals surface area contributed by atoms with E-state index < -0.39 is 10.0 Å². The van der Waals surface area contributed by atoms with Gasteiger partial charge in [0.25, 0.3) is 0 Å². The summed E-state index contributed by atoms with van der Waals surface area (Å²) >= 11 is 0. The molecule has 0 aliphatic carbocycles. The van der Waals surface area contributed by atoms with Gasteiger partial charge >= 0.3 is 0 Å². The first-order valence-corrected chi connectivity index (χ1v) is 7.16. The van der Waals surface area contributed by atoms with Crippen LogP contribution in [0.25, 0.3) is 0 Å². The first-order chi connectivity index (χ1) is 7.93. The Morgan fingerprint density at radius 2 is 2.00 bits per heavy atom. The SMILES string of the molecule is CCNS(=O)(=O)CCNc1cc(C)cc(N)c1. The van der Waals surface area contributed by atoms with Crippen molar-refractivity contribution in [1.82, 2.24) is 4.72 Å². The van der Waals surface area contributed by atoms with Crippen molar-refractivity contribution in [3.8, 4) is 0 Å². The van der Waals surface area contributed by atoms with E-state index in [0.29, 0.717) is 18.8 Å². The number of nitrogens with two attached hydrogens (primary N) is 1. The van der Waals surface area contributed by atoms with Gasteiger partial charge in [-0.3, -0.25) is 0 Å². The Balaban J connectivity index is 2.51. The number of rotatable bonds is 6. The highest BCUT2D eigenvalue weighted by Crippen LogP contribution is 2.15. The molecule has 0 unspecified atom stereocenters. The Labute approximate surface area is 102 Å². The van der Waals surface area contributed by atoms with Crippen LogP contribution in [0.2, 0.25) is 0 Å². The summed E-state index contributed by atoms with van der Waals surface area (Å²) in [6.45, 7) is 4.47. The molecule has 0 aliphatic rings. The number of sulfonamides is 1. The molecule has 6 heteroatoms. The zero-order valence-electron chi connectivity index (χ0n) is 10.2. The molecule has 0 bridgehead atoms. The van der Waals surface area contributed by atoms with Gasteiger partial charge in [-0.15, -0.1) is 0 Å². The van der Waals surface area contributed by atoms with Gasteiger partial charge in [-0.05, 0) is 30.7 Å². The van der Waals surface area contributed by atoms with E-state index in [2.05, 4.69) is 10.0 Å². The molecule has 0 spiro atoms. The Hall–Kier alpha value is -1.27. The molecule has 0 atom stereocenters. The van der Waals surface area contributed by atoms with Crippen LogP contribution in [-0.4, -0.2) is 27.3 Å². The van der Waals surface area contributed by atoms with Crippen LogP contribution in [0.15, 0.2) is 18.2 Å². The van der Waals surface area contributed by atoms with Gasteiger partial charge in [0, 0.05) is 24.5 Å². The van der Waals surface area contributed by atoms with Gasteiger partial charge < -0.3 is 11.1 Å². The summed E-state index contributed by atoms with van der Waals surface area (Å²) in [6, 6.07) is 5.57. The summed E-state index contributed by atoms with van der Waals surface area (Å²) in [5.74, 6) is 0.0503. The molecule has 0 radical (unpaired) electrons. The molecule has 0 saturated heterocycles. The summed E-state index contributed by atoms with van der Waals surface area (Å²) < 4.78 is 25.2. The Bertz CT molecular complexity index is 451. The summed E-state index contributed by atoms with van der Waals surface area (Å²) in [7, 11) is -3.17. The van der Waals surface area contributed by atoms with Crippen molar-refractivity contribution in [2.75, 3.05) is 29.9 Å². The molecule has 17 heavy (non-hydrogen) atoms. The summed E-state index contributed by atoms with van der Waals surface area (Å²) in [6.07, 6.45) is 0. The van der Waals surface area contributed by atoms with Crippen molar-refractivity contribution in [2.45, 2.75) is 13.8 Å². The standard InChI is InChI=1S/C11H19N3O2S/c1-3-14-17(15,16)5-4-13-11-7-9(2)6-10(12)8-11/h6-8,13-14H,3-5,12H2,1-2H3. The van der Waals surface area contributed by atoms with Crippen LogP contribution < -0.4 is 15.8 Å². The molecule has 0 amide bonds. The second kappa shape index (κ2) is 5.88. The number of hydrogen-bond donors (Lipinski definition) is 3. The summed E-state index contributed by atoms with van der Waals surface area (Å²) in [4.78, 5) is 0. The molecule has 0 fully saturated rings. The van der Waals surface area contributed by atoms with E-state index in [4.69, 9.17) is 5.73 Å². The van der Waals surface area contributed by atoms with Crippen molar-refractivity contribution >= 4 is 21.4 Å². The maximum absolute atomic E-state index is 11.4. The Kier molecular flexibility index (Phi) is 4.77. The number of nitrogens with one attached hydrogen (secondary N) is 2. The lowest BCUT2D eigenvalue weighted by molar-refractivity contribution is 0.584. The number of nitrogen functional groups attached to an aromatic ring is 1. The lowest BCUT2D eigenvalue weighted by Gasteiger charge is -2.09. The molecule has 0 aliphatic heterocycles. The van der Waals surface area contributed by atoms with Crippen molar-refractivity contribution < 1.29 is 8.42 Å². The topological polar surface area (TPSA) is 84.2 Å². The normalized spacial score (nSPS) is 11.4. The number of aryl methyl sites for hydroxylation is 1. The van der Waals surface area contributed by atoms with E-state index in [-0.39, 0.29) is 5.75 Å². The van der Waals surface area contributed by atoms with Gasteiger partial charge in [0.15, 0.2) is 0 Å². The molecule has 4 N–H and O–H groups in total. The minimum atomic E-state index is -3.17. The molecule has 0 heterocycles. The van der Waals surface area contributed by atoms with Crippen LogP contribution in [0.5, 0.6) is 0 Å². The third-order valence-electron chi connectivity index (χ3n) is 2.16. The molecule has 96 valence electrons. The van der Waals surface area contributed by atoms with Gasteiger partial charge in [0.05, 0.1) is 5.75 Å². The Morgan fingerprint density at radius 3 is 2.59 bits per heavy atom.